The van der Waals surface area contributed by atoms with Gasteiger partial charge in [0.15, 0.2) is 0 Å². The SMILES string of the molecule is Cc1c(C)c(C)c(S(=O)(=O)N2CCOC(COc3ccnc(C(F)(F)F)n3)C2)c(C)c1C. The third-order valence-electron chi connectivity index (χ3n) is 5.93. The van der Waals surface area contributed by atoms with Crippen LogP contribution in [-0.2, 0) is 20.9 Å². The molecule has 0 bridgehead atoms. The second-order valence-corrected chi connectivity index (χ2v) is 9.71. The molecule has 0 saturated carbocycles. The van der Waals surface area contributed by atoms with E-state index in [0.29, 0.717) is 16.0 Å². The summed E-state index contributed by atoms with van der Waals surface area (Å²) in [4.78, 5) is 6.83. The van der Waals surface area contributed by atoms with E-state index in [9.17, 15) is 21.6 Å². The first-order valence-electron chi connectivity index (χ1n) is 10.1. The van der Waals surface area contributed by atoms with Crippen molar-refractivity contribution in [3.63, 3.8) is 0 Å². The van der Waals surface area contributed by atoms with Gasteiger partial charge in [-0.25, -0.2) is 13.4 Å². The molecule has 1 atom stereocenters. The van der Waals surface area contributed by atoms with Crippen LogP contribution in [0.25, 0.3) is 0 Å². The van der Waals surface area contributed by atoms with Crippen LogP contribution in [0.4, 0.5) is 13.2 Å². The van der Waals surface area contributed by atoms with E-state index in [1.807, 2.05) is 20.8 Å². The minimum absolute atomic E-state index is 0.0183. The Hall–Kier alpha value is -2.24. The Morgan fingerprint density at radius 3 is 2.28 bits per heavy atom. The van der Waals surface area contributed by atoms with Gasteiger partial charge in [0.05, 0.1) is 11.5 Å². The fourth-order valence-electron chi connectivity index (χ4n) is 3.73. The zero-order valence-electron chi connectivity index (χ0n) is 18.6. The lowest BCUT2D eigenvalue weighted by Gasteiger charge is -2.33. The number of hydrogen-bond donors (Lipinski definition) is 0. The fourth-order valence-corrected chi connectivity index (χ4v) is 5.75. The van der Waals surface area contributed by atoms with Gasteiger partial charge in [0.1, 0.15) is 12.7 Å². The Balaban J connectivity index is 1.78. The highest BCUT2D eigenvalue weighted by molar-refractivity contribution is 7.89. The van der Waals surface area contributed by atoms with Crippen LogP contribution in [0.2, 0.25) is 0 Å². The second kappa shape index (κ2) is 8.95. The van der Waals surface area contributed by atoms with Gasteiger partial charge in [-0.05, 0) is 62.4 Å². The molecule has 1 aromatic heterocycles. The van der Waals surface area contributed by atoms with Gasteiger partial charge in [0.2, 0.25) is 21.7 Å². The molecule has 11 heteroatoms. The molecule has 1 aromatic carbocycles. The molecule has 0 radical (unpaired) electrons. The van der Waals surface area contributed by atoms with Crippen molar-refractivity contribution < 1.29 is 31.1 Å². The monoisotopic (exact) mass is 473 g/mol. The number of halogens is 3. The second-order valence-electron chi connectivity index (χ2n) is 7.84. The number of rotatable bonds is 5. The summed E-state index contributed by atoms with van der Waals surface area (Å²) in [5.41, 5.74) is 4.36. The van der Waals surface area contributed by atoms with Crippen LogP contribution in [0.5, 0.6) is 5.88 Å². The quantitative estimate of drug-likeness (QED) is 0.661. The molecule has 3 rings (SSSR count). The van der Waals surface area contributed by atoms with Gasteiger partial charge in [-0.3, -0.25) is 0 Å². The average molecular weight is 474 g/mol. The van der Waals surface area contributed by atoms with Gasteiger partial charge < -0.3 is 9.47 Å². The number of benzene rings is 1. The van der Waals surface area contributed by atoms with E-state index in [2.05, 4.69) is 9.97 Å². The van der Waals surface area contributed by atoms with E-state index in [4.69, 9.17) is 9.47 Å². The molecule has 176 valence electrons. The summed E-state index contributed by atoms with van der Waals surface area (Å²) in [5, 5.41) is 0. The molecule has 0 N–H and O–H groups in total. The van der Waals surface area contributed by atoms with Crippen LogP contribution in [-0.4, -0.2) is 55.1 Å². The Morgan fingerprint density at radius 2 is 1.69 bits per heavy atom. The maximum atomic E-state index is 13.5. The van der Waals surface area contributed by atoms with Crippen LogP contribution in [0.3, 0.4) is 0 Å². The van der Waals surface area contributed by atoms with E-state index in [-0.39, 0.29) is 32.2 Å². The molecule has 7 nitrogen and oxygen atoms in total. The zero-order valence-corrected chi connectivity index (χ0v) is 19.4. The van der Waals surface area contributed by atoms with Crippen molar-refractivity contribution in [2.45, 2.75) is 51.8 Å². The minimum Gasteiger partial charge on any atom is -0.475 e. The molecular weight excluding hydrogens is 447 g/mol. The molecule has 1 unspecified atom stereocenters. The summed E-state index contributed by atoms with van der Waals surface area (Å²) in [6.07, 6.45) is -4.39. The lowest BCUT2D eigenvalue weighted by atomic mass is 9.95. The van der Waals surface area contributed by atoms with Crippen molar-refractivity contribution in [1.82, 2.24) is 14.3 Å². The lowest BCUT2D eigenvalue weighted by molar-refractivity contribution is -0.145. The molecular formula is C21H26F3N3O4S. The van der Waals surface area contributed by atoms with Gasteiger partial charge in [-0.1, -0.05) is 0 Å². The van der Waals surface area contributed by atoms with Crippen LogP contribution in [0.15, 0.2) is 17.2 Å². The van der Waals surface area contributed by atoms with E-state index in [0.717, 1.165) is 22.9 Å². The van der Waals surface area contributed by atoms with E-state index in [1.165, 1.54) is 10.4 Å². The van der Waals surface area contributed by atoms with Gasteiger partial charge in [-0.2, -0.15) is 22.5 Å². The standard InChI is InChI=1S/C21H26F3N3O4S/c1-12-13(2)15(4)19(16(5)14(12)3)32(28,29)27-8-9-30-17(10-27)11-31-18-6-7-25-20(26-18)21(22,23)24/h6-7,17H,8-11H2,1-5H3. The molecule has 2 heterocycles. The number of aromatic nitrogens is 2. The van der Waals surface area contributed by atoms with Gasteiger partial charge in [0, 0.05) is 25.4 Å². The van der Waals surface area contributed by atoms with E-state index >= 15 is 0 Å². The molecule has 1 saturated heterocycles. The number of sulfonamides is 1. The Kier molecular flexibility index (Phi) is 6.83. The van der Waals surface area contributed by atoms with Crippen LogP contribution < -0.4 is 4.74 Å². The molecule has 1 fully saturated rings. The highest BCUT2D eigenvalue weighted by atomic mass is 32.2. The molecule has 2 aromatic rings. The van der Waals surface area contributed by atoms with Crippen LogP contribution in [0, 0.1) is 34.6 Å². The average Bonchev–Trinajstić information content (AvgIpc) is 2.74. The highest BCUT2D eigenvalue weighted by Gasteiger charge is 2.36. The molecule has 1 aliphatic heterocycles. The summed E-state index contributed by atoms with van der Waals surface area (Å²) in [6, 6.07) is 1.21. The van der Waals surface area contributed by atoms with Gasteiger partial charge in [0.25, 0.3) is 0 Å². The fraction of sp³-hybridized carbons (Fsp3) is 0.524. The third-order valence-corrected chi connectivity index (χ3v) is 8.07. The molecule has 0 spiro atoms. The molecule has 0 aliphatic carbocycles. The Labute approximate surface area is 185 Å². The maximum absolute atomic E-state index is 13.5. The third kappa shape index (κ3) is 4.74. The van der Waals surface area contributed by atoms with E-state index < -0.39 is 28.1 Å². The highest BCUT2D eigenvalue weighted by Crippen LogP contribution is 2.32. The summed E-state index contributed by atoms with van der Waals surface area (Å²) >= 11 is 0. The number of hydrogen-bond acceptors (Lipinski definition) is 6. The van der Waals surface area contributed by atoms with E-state index in [1.54, 1.807) is 13.8 Å². The van der Waals surface area contributed by atoms with Crippen molar-refractivity contribution in [3.05, 3.63) is 45.9 Å². The topological polar surface area (TPSA) is 81.6 Å². The number of nitrogens with zero attached hydrogens (tertiary/aromatic N) is 3. The first kappa shape index (κ1) is 24.4. The smallest absolute Gasteiger partial charge is 0.451 e. The summed E-state index contributed by atoms with van der Waals surface area (Å²) in [5.74, 6) is -1.56. The molecule has 1 aliphatic rings. The van der Waals surface area contributed by atoms with Crippen LogP contribution in [0.1, 0.15) is 33.6 Å². The van der Waals surface area contributed by atoms with Crippen molar-refractivity contribution in [1.29, 1.82) is 0 Å². The first-order chi connectivity index (χ1) is 14.8. The predicted octanol–water partition coefficient (Wildman–Crippen LogP) is 3.51. The molecule has 32 heavy (non-hydrogen) atoms. The van der Waals surface area contributed by atoms with Crippen molar-refractivity contribution in [3.8, 4) is 5.88 Å². The van der Waals surface area contributed by atoms with Crippen molar-refractivity contribution in [2.24, 2.45) is 0 Å². The van der Waals surface area contributed by atoms with Crippen molar-refractivity contribution in [2.75, 3.05) is 26.3 Å². The Bertz CT molecular complexity index is 1090. The summed E-state index contributed by atoms with van der Waals surface area (Å²) < 4.78 is 77.6. The van der Waals surface area contributed by atoms with Gasteiger partial charge in [-0.15, -0.1) is 0 Å². The number of ether oxygens (including phenoxy) is 2. The summed E-state index contributed by atoms with van der Waals surface area (Å²) in [6.45, 7) is 9.58. The number of morpholine rings is 1. The predicted molar refractivity (Wildman–Crippen MR) is 111 cm³/mol. The normalized spacial score (nSPS) is 18.1. The lowest BCUT2D eigenvalue weighted by Crippen LogP contribution is -2.47. The minimum atomic E-state index is -4.69. The Morgan fingerprint density at radius 1 is 1.09 bits per heavy atom. The molecule has 0 amide bonds. The number of alkyl halides is 3. The zero-order chi connectivity index (χ0) is 23.8. The first-order valence-corrected chi connectivity index (χ1v) is 11.5. The van der Waals surface area contributed by atoms with Crippen molar-refractivity contribution >= 4 is 10.0 Å². The summed E-state index contributed by atoms with van der Waals surface area (Å²) in [7, 11) is -3.80. The largest absolute Gasteiger partial charge is 0.475 e. The van der Waals surface area contributed by atoms with Gasteiger partial charge >= 0.3 is 6.18 Å². The maximum Gasteiger partial charge on any atom is 0.451 e. The van der Waals surface area contributed by atoms with Crippen LogP contribution >= 0.6 is 0 Å².